The molecule has 4 rings (SSSR count). The third kappa shape index (κ3) is 0.991. The lowest BCUT2D eigenvalue weighted by molar-refractivity contribution is 1.02. The van der Waals surface area contributed by atoms with Gasteiger partial charge in [0.2, 0.25) is 0 Å². The molecule has 0 saturated heterocycles. The molecule has 0 atom stereocenters. The average molecular weight is 234 g/mol. The van der Waals surface area contributed by atoms with Gasteiger partial charge in [0, 0.05) is 10.8 Å². The fourth-order valence-electron chi connectivity index (χ4n) is 2.73. The van der Waals surface area contributed by atoms with Gasteiger partial charge in [-0.1, -0.05) is 30.3 Å². The first-order valence-corrected chi connectivity index (χ1v) is 5.89. The summed E-state index contributed by atoms with van der Waals surface area (Å²) in [6.07, 6.45) is 0. The van der Waals surface area contributed by atoms with Crippen molar-refractivity contribution in [3.05, 3.63) is 58.6 Å². The molecule has 0 amide bonds. The topological polar surface area (TPSA) is 34.4 Å². The standard InChI is InChI=1S/C15H10N2O/c1-9-16-13-8-4-7-11-10-5-2-3-6-12(10)15(18)17(9)14(11)13/h2-8H,1H3. The first kappa shape index (κ1) is 9.59. The van der Waals surface area contributed by atoms with Crippen LogP contribution in [-0.2, 0) is 0 Å². The van der Waals surface area contributed by atoms with E-state index >= 15 is 0 Å². The highest BCUT2D eigenvalue weighted by Gasteiger charge is 2.14. The molecule has 0 radical (unpaired) electrons. The Morgan fingerprint density at radius 2 is 1.67 bits per heavy atom. The first-order valence-electron chi connectivity index (χ1n) is 5.89. The van der Waals surface area contributed by atoms with Crippen LogP contribution in [0.4, 0.5) is 0 Å². The number of fused-ring (bicyclic) bond motifs is 2. The minimum absolute atomic E-state index is 0.0179. The molecule has 0 spiro atoms. The molecular weight excluding hydrogens is 224 g/mol. The van der Waals surface area contributed by atoms with Crippen molar-refractivity contribution in [3.63, 3.8) is 0 Å². The maximum Gasteiger partial charge on any atom is 0.264 e. The molecular formula is C15H10N2O. The molecule has 0 aliphatic heterocycles. The number of aryl methyl sites for hydroxylation is 1. The number of imidazole rings is 1. The summed E-state index contributed by atoms with van der Waals surface area (Å²) in [5, 5.41) is 2.84. The van der Waals surface area contributed by atoms with E-state index in [0.717, 1.165) is 33.0 Å². The summed E-state index contributed by atoms with van der Waals surface area (Å²) in [4.78, 5) is 17.0. The van der Waals surface area contributed by atoms with E-state index < -0.39 is 0 Å². The van der Waals surface area contributed by atoms with Gasteiger partial charge in [-0.15, -0.1) is 0 Å². The number of benzene rings is 2. The van der Waals surface area contributed by atoms with Crippen LogP contribution in [0.25, 0.3) is 27.2 Å². The Bertz CT molecular complexity index is 953. The molecule has 3 nitrogen and oxygen atoms in total. The predicted octanol–water partition coefficient (Wildman–Crippen LogP) is 2.75. The molecule has 3 heteroatoms. The quantitative estimate of drug-likeness (QED) is 0.438. The van der Waals surface area contributed by atoms with Gasteiger partial charge in [-0.05, 0) is 24.4 Å². The molecule has 0 unspecified atom stereocenters. The molecule has 2 heterocycles. The second-order valence-electron chi connectivity index (χ2n) is 4.52. The van der Waals surface area contributed by atoms with E-state index in [9.17, 15) is 4.79 Å². The van der Waals surface area contributed by atoms with Crippen LogP contribution >= 0.6 is 0 Å². The summed E-state index contributed by atoms with van der Waals surface area (Å²) < 4.78 is 1.72. The van der Waals surface area contributed by atoms with Crippen LogP contribution in [-0.4, -0.2) is 9.38 Å². The Morgan fingerprint density at radius 3 is 2.50 bits per heavy atom. The van der Waals surface area contributed by atoms with Crippen molar-refractivity contribution in [3.8, 4) is 0 Å². The summed E-state index contributed by atoms with van der Waals surface area (Å²) in [6.45, 7) is 1.87. The van der Waals surface area contributed by atoms with Gasteiger partial charge in [-0.2, -0.15) is 0 Å². The van der Waals surface area contributed by atoms with Crippen molar-refractivity contribution in [1.82, 2.24) is 9.38 Å². The van der Waals surface area contributed by atoms with Crippen LogP contribution in [0, 0.1) is 6.92 Å². The summed E-state index contributed by atoms with van der Waals surface area (Å²) in [6, 6.07) is 13.7. The molecule has 0 bridgehead atoms. The van der Waals surface area contributed by atoms with Gasteiger partial charge in [0.15, 0.2) is 0 Å². The minimum Gasteiger partial charge on any atom is -0.268 e. The summed E-state index contributed by atoms with van der Waals surface area (Å²) in [5.74, 6) is 0.747. The Kier molecular flexibility index (Phi) is 1.64. The zero-order valence-corrected chi connectivity index (χ0v) is 9.84. The van der Waals surface area contributed by atoms with Gasteiger partial charge in [-0.3, -0.25) is 9.20 Å². The number of hydrogen-bond donors (Lipinski definition) is 0. The predicted molar refractivity (Wildman–Crippen MR) is 72.4 cm³/mol. The Balaban J connectivity index is 2.54. The Hall–Kier alpha value is -2.42. The number of pyridine rings is 1. The molecule has 2 aromatic carbocycles. The molecule has 0 aliphatic carbocycles. The van der Waals surface area contributed by atoms with Crippen molar-refractivity contribution >= 4 is 27.2 Å². The van der Waals surface area contributed by atoms with E-state index in [-0.39, 0.29) is 5.56 Å². The molecule has 0 N–H and O–H groups in total. The molecule has 0 fully saturated rings. The fraction of sp³-hybridized carbons (Fsp3) is 0.0667. The highest BCUT2D eigenvalue weighted by Crippen LogP contribution is 2.26. The normalized spacial score (nSPS) is 11.8. The third-order valence-electron chi connectivity index (χ3n) is 3.49. The van der Waals surface area contributed by atoms with Crippen LogP contribution in [0.5, 0.6) is 0 Å². The number of nitrogens with zero attached hydrogens (tertiary/aromatic N) is 2. The second-order valence-corrected chi connectivity index (χ2v) is 4.52. The van der Waals surface area contributed by atoms with Gasteiger partial charge in [-0.25, -0.2) is 4.98 Å². The number of rotatable bonds is 0. The van der Waals surface area contributed by atoms with Crippen molar-refractivity contribution < 1.29 is 0 Å². The SMILES string of the molecule is Cc1nc2cccc3c4ccccc4c(=O)n1c23. The van der Waals surface area contributed by atoms with Crippen molar-refractivity contribution in [2.45, 2.75) is 6.92 Å². The average Bonchev–Trinajstić information content (AvgIpc) is 2.73. The molecule has 0 aliphatic rings. The van der Waals surface area contributed by atoms with Gasteiger partial charge in [0.25, 0.3) is 5.56 Å². The fourth-order valence-corrected chi connectivity index (χ4v) is 2.73. The second kappa shape index (κ2) is 3.07. The highest BCUT2D eigenvalue weighted by atomic mass is 16.1. The highest BCUT2D eigenvalue weighted by molar-refractivity contribution is 6.10. The summed E-state index contributed by atoms with van der Waals surface area (Å²) >= 11 is 0. The minimum atomic E-state index is 0.0179. The lowest BCUT2D eigenvalue weighted by atomic mass is 10.1. The van der Waals surface area contributed by atoms with Gasteiger partial charge >= 0.3 is 0 Å². The molecule has 18 heavy (non-hydrogen) atoms. The summed E-state index contributed by atoms with van der Waals surface area (Å²) in [5.41, 5.74) is 1.83. The molecule has 2 aromatic heterocycles. The number of aromatic nitrogens is 2. The van der Waals surface area contributed by atoms with Crippen LogP contribution in [0.15, 0.2) is 47.3 Å². The van der Waals surface area contributed by atoms with Crippen LogP contribution < -0.4 is 5.56 Å². The van der Waals surface area contributed by atoms with E-state index in [1.54, 1.807) is 4.40 Å². The van der Waals surface area contributed by atoms with Crippen molar-refractivity contribution in [2.24, 2.45) is 0 Å². The van der Waals surface area contributed by atoms with Gasteiger partial charge in [0.1, 0.15) is 5.82 Å². The maximum atomic E-state index is 12.5. The first-order chi connectivity index (χ1) is 8.77. The van der Waals surface area contributed by atoms with E-state index in [1.807, 2.05) is 49.4 Å². The van der Waals surface area contributed by atoms with E-state index in [2.05, 4.69) is 4.98 Å². The van der Waals surface area contributed by atoms with Crippen LogP contribution in [0.2, 0.25) is 0 Å². The van der Waals surface area contributed by atoms with Crippen molar-refractivity contribution in [2.75, 3.05) is 0 Å². The number of hydrogen-bond acceptors (Lipinski definition) is 2. The molecule has 86 valence electrons. The Morgan fingerprint density at radius 1 is 0.944 bits per heavy atom. The van der Waals surface area contributed by atoms with Crippen molar-refractivity contribution in [1.29, 1.82) is 0 Å². The zero-order valence-electron chi connectivity index (χ0n) is 9.84. The van der Waals surface area contributed by atoms with E-state index in [0.29, 0.717) is 0 Å². The zero-order chi connectivity index (χ0) is 12.3. The summed E-state index contributed by atoms with van der Waals surface area (Å²) in [7, 11) is 0. The smallest absolute Gasteiger partial charge is 0.264 e. The van der Waals surface area contributed by atoms with Gasteiger partial charge in [0.05, 0.1) is 11.0 Å². The lowest BCUT2D eigenvalue weighted by Gasteiger charge is -2.04. The van der Waals surface area contributed by atoms with E-state index in [4.69, 9.17) is 0 Å². The molecule has 0 saturated carbocycles. The van der Waals surface area contributed by atoms with Crippen LogP contribution in [0.1, 0.15) is 5.82 Å². The van der Waals surface area contributed by atoms with Gasteiger partial charge < -0.3 is 0 Å². The lowest BCUT2D eigenvalue weighted by Crippen LogP contribution is -2.14. The number of para-hydroxylation sites is 1. The maximum absolute atomic E-state index is 12.5. The van der Waals surface area contributed by atoms with E-state index in [1.165, 1.54) is 0 Å². The molecule has 4 aromatic rings. The Labute approximate surface area is 103 Å². The third-order valence-corrected chi connectivity index (χ3v) is 3.49. The monoisotopic (exact) mass is 234 g/mol. The van der Waals surface area contributed by atoms with Crippen LogP contribution in [0.3, 0.4) is 0 Å². The largest absolute Gasteiger partial charge is 0.268 e.